The summed E-state index contributed by atoms with van der Waals surface area (Å²) in [5.41, 5.74) is 1.11. The van der Waals surface area contributed by atoms with Gasteiger partial charge >= 0.3 is 5.97 Å². The first-order valence-corrected chi connectivity index (χ1v) is 5.16. The Morgan fingerprint density at radius 2 is 2.15 bits per heavy atom. The van der Waals surface area contributed by atoms with Crippen molar-refractivity contribution in [1.82, 2.24) is 0 Å². The molecule has 0 saturated heterocycles. The maximum absolute atomic E-state index is 11.4. The van der Waals surface area contributed by atoms with Crippen molar-refractivity contribution in [2.75, 3.05) is 0 Å². The number of para-hydroxylation sites is 1. The van der Waals surface area contributed by atoms with Gasteiger partial charge in [-0.05, 0) is 18.6 Å². The molecule has 0 spiro atoms. The third kappa shape index (κ3) is 1.57. The van der Waals surface area contributed by atoms with Crippen molar-refractivity contribution in [1.29, 1.82) is 0 Å². The first kappa shape index (κ1) is 8.99. The molecule has 0 bridgehead atoms. The molecule has 0 aliphatic carbocycles. The summed E-state index contributed by atoms with van der Waals surface area (Å²) in [5.74, 6) is 0.563. The molecule has 1 aliphatic heterocycles. The highest BCUT2D eigenvalue weighted by molar-refractivity contribution is 14.1. The topological polar surface area (TPSA) is 26.3 Å². The fourth-order valence-electron chi connectivity index (χ4n) is 1.39. The molecule has 0 amide bonds. The van der Waals surface area contributed by atoms with Gasteiger partial charge in [0.05, 0.1) is 0 Å². The van der Waals surface area contributed by atoms with Crippen LogP contribution in [0.3, 0.4) is 0 Å². The highest BCUT2D eigenvalue weighted by atomic mass is 127. The van der Waals surface area contributed by atoms with E-state index in [0.29, 0.717) is 5.75 Å². The number of hydrogen-bond donors (Lipinski definition) is 0. The summed E-state index contributed by atoms with van der Waals surface area (Å²) >= 11 is 2.14. The van der Waals surface area contributed by atoms with Gasteiger partial charge < -0.3 is 4.74 Å². The lowest BCUT2D eigenvalue weighted by atomic mass is 9.98. The molecule has 13 heavy (non-hydrogen) atoms. The summed E-state index contributed by atoms with van der Waals surface area (Å²) in [6.07, 6.45) is 0.753. The van der Waals surface area contributed by atoms with Crippen molar-refractivity contribution in [2.45, 2.75) is 16.8 Å². The monoisotopic (exact) mass is 288 g/mol. The molecule has 0 N–H and O–H groups in total. The average molecular weight is 288 g/mol. The summed E-state index contributed by atoms with van der Waals surface area (Å²) in [6.45, 7) is 1.89. The van der Waals surface area contributed by atoms with Crippen molar-refractivity contribution >= 4 is 28.6 Å². The summed E-state index contributed by atoms with van der Waals surface area (Å²) in [4.78, 5) is 11.4. The molecule has 1 aromatic carbocycles. The van der Waals surface area contributed by atoms with Gasteiger partial charge in [0, 0.05) is 6.42 Å². The van der Waals surface area contributed by atoms with E-state index in [0.717, 1.165) is 12.0 Å². The predicted octanol–water partition coefficient (Wildman–Crippen LogP) is 2.34. The van der Waals surface area contributed by atoms with Gasteiger partial charge in [-0.1, -0.05) is 40.8 Å². The second-order valence-corrected chi connectivity index (χ2v) is 5.75. The maximum Gasteiger partial charge on any atom is 0.327 e. The van der Waals surface area contributed by atoms with E-state index in [4.69, 9.17) is 4.74 Å². The van der Waals surface area contributed by atoms with Crippen LogP contribution in [0.15, 0.2) is 24.3 Å². The number of alkyl halides is 1. The van der Waals surface area contributed by atoms with Gasteiger partial charge in [-0.2, -0.15) is 0 Å². The summed E-state index contributed by atoms with van der Waals surface area (Å²) in [7, 11) is 0. The largest absolute Gasteiger partial charge is 0.425 e. The van der Waals surface area contributed by atoms with Gasteiger partial charge in [0.15, 0.2) is 0 Å². The SMILES string of the molecule is CC1(I)Cc2ccccc2OC1=O. The molecule has 0 aromatic heterocycles. The Bertz CT molecular complexity index is 358. The number of carbonyl (C=O) groups excluding carboxylic acids is 1. The van der Waals surface area contributed by atoms with E-state index in [9.17, 15) is 4.79 Å². The fourth-order valence-corrected chi connectivity index (χ4v) is 1.91. The zero-order valence-corrected chi connectivity index (χ0v) is 9.37. The minimum Gasteiger partial charge on any atom is -0.425 e. The molecule has 1 aromatic rings. The minimum absolute atomic E-state index is 0.146. The van der Waals surface area contributed by atoms with Gasteiger partial charge in [-0.3, -0.25) is 4.79 Å². The minimum atomic E-state index is -0.411. The lowest BCUT2D eigenvalue weighted by Crippen LogP contribution is -2.38. The van der Waals surface area contributed by atoms with Crippen molar-refractivity contribution in [3.63, 3.8) is 0 Å². The Morgan fingerprint density at radius 1 is 1.46 bits per heavy atom. The Balaban J connectivity index is 2.44. The lowest BCUT2D eigenvalue weighted by molar-refractivity contribution is -0.137. The van der Waals surface area contributed by atoms with Crippen LogP contribution in [0.25, 0.3) is 0 Å². The number of rotatable bonds is 0. The zero-order chi connectivity index (χ0) is 9.47. The van der Waals surface area contributed by atoms with E-state index in [-0.39, 0.29) is 5.97 Å². The van der Waals surface area contributed by atoms with Crippen LogP contribution in [0.2, 0.25) is 0 Å². The maximum atomic E-state index is 11.4. The third-order valence-electron chi connectivity index (χ3n) is 2.12. The Morgan fingerprint density at radius 3 is 2.92 bits per heavy atom. The molecule has 68 valence electrons. The van der Waals surface area contributed by atoms with Crippen molar-refractivity contribution < 1.29 is 9.53 Å². The predicted molar refractivity (Wildman–Crippen MR) is 58.2 cm³/mol. The van der Waals surface area contributed by atoms with Crippen molar-refractivity contribution in [3.8, 4) is 5.75 Å². The van der Waals surface area contributed by atoms with E-state index in [1.54, 1.807) is 0 Å². The molecular formula is C10H9IO2. The molecule has 0 fully saturated rings. The molecule has 0 saturated carbocycles. The molecule has 1 unspecified atom stereocenters. The lowest BCUT2D eigenvalue weighted by Gasteiger charge is -2.27. The molecule has 2 nitrogen and oxygen atoms in total. The Labute approximate surface area is 90.4 Å². The first-order chi connectivity index (χ1) is 6.09. The van der Waals surface area contributed by atoms with E-state index in [1.807, 2.05) is 31.2 Å². The molecule has 0 radical (unpaired) electrons. The number of fused-ring (bicyclic) bond motifs is 1. The Hall–Kier alpha value is -0.580. The van der Waals surface area contributed by atoms with Crippen LogP contribution in [-0.2, 0) is 11.2 Å². The standard InChI is InChI=1S/C10H9IO2/c1-10(11)6-7-4-2-3-5-8(7)13-9(10)12/h2-5H,6H2,1H3. The smallest absolute Gasteiger partial charge is 0.327 e. The van der Waals surface area contributed by atoms with Gasteiger partial charge in [-0.25, -0.2) is 0 Å². The highest BCUT2D eigenvalue weighted by Gasteiger charge is 2.37. The number of halogens is 1. The van der Waals surface area contributed by atoms with E-state index < -0.39 is 3.42 Å². The second-order valence-electron chi connectivity index (χ2n) is 3.37. The van der Waals surface area contributed by atoms with Crippen molar-refractivity contribution in [2.24, 2.45) is 0 Å². The number of ether oxygens (including phenoxy) is 1. The first-order valence-electron chi connectivity index (χ1n) is 4.09. The van der Waals surface area contributed by atoms with Gasteiger partial charge in [0.25, 0.3) is 0 Å². The van der Waals surface area contributed by atoms with Crippen LogP contribution >= 0.6 is 22.6 Å². The highest BCUT2D eigenvalue weighted by Crippen LogP contribution is 2.34. The second kappa shape index (κ2) is 2.97. The quantitative estimate of drug-likeness (QED) is 0.317. The number of hydrogen-bond acceptors (Lipinski definition) is 2. The van der Waals surface area contributed by atoms with Gasteiger partial charge in [-0.15, -0.1) is 0 Å². The van der Waals surface area contributed by atoms with E-state index >= 15 is 0 Å². The molecule has 3 heteroatoms. The number of carbonyl (C=O) groups is 1. The van der Waals surface area contributed by atoms with Crippen LogP contribution < -0.4 is 4.74 Å². The Kier molecular flexibility index (Phi) is 2.06. The normalized spacial score (nSPS) is 26.5. The molecule has 1 aliphatic rings. The van der Waals surface area contributed by atoms with Crippen molar-refractivity contribution in [3.05, 3.63) is 29.8 Å². The molecule has 1 atom stereocenters. The molecule has 1 heterocycles. The number of benzene rings is 1. The summed E-state index contributed by atoms with van der Waals surface area (Å²) in [6, 6.07) is 7.67. The van der Waals surface area contributed by atoms with Crippen LogP contribution in [0.5, 0.6) is 5.75 Å². The fraction of sp³-hybridized carbons (Fsp3) is 0.300. The van der Waals surface area contributed by atoms with Gasteiger partial charge in [0.2, 0.25) is 0 Å². The molecular weight excluding hydrogens is 279 g/mol. The summed E-state index contributed by atoms with van der Waals surface area (Å²) < 4.78 is 4.79. The van der Waals surface area contributed by atoms with E-state index in [2.05, 4.69) is 22.6 Å². The molecule has 2 rings (SSSR count). The number of esters is 1. The van der Waals surface area contributed by atoms with E-state index in [1.165, 1.54) is 0 Å². The van der Waals surface area contributed by atoms with Crippen LogP contribution in [0.4, 0.5) is 0 Å². The van der Waals surface area contributed by atoms with Gasteiger partial charge in [0.1, 0.15) is 9.17 Å². The van der Waals surface area contributed by atoms with Crippen LogP contribution in [0, 0.1) is 0 Å². The zero-order valence-electron chi connectivity index (χ0n) is 7.21. The average Bonchev–Trinajstić information content (AvgIpc) is 2.06. The summed E-state index contributed by atoms with van der Waals surface area (Å²) in [5, 5.41) is 0. The van der Waals surface area contributed by atoms with Crippen LogP contribution in [-0.4, -0.2) is 9.39 Å². The third-order valence-corrected chi connectivity index (χ3v) is 2.95. The van der Waals surface area contributed by atoms with Crippen LogP contribution in [0.1, 0.15) is 12.5 Å².